The molecule has 1 aliphatic heterocycles. The zero-order chi connectivity index (χ0) is 13.2. The minimum Gasteiger partial charge on any atom is -0.272 e. The molecule has 0 bridgehead atoms. The second-order valence-electron chi connectivity index (χ2n) is 5.16. The molecule has 0 N–H and O–H groups in total. The lowest BCUT2D eigenvalue weighted by molar-refractivity contribution is 0.246. The van der Waals surface area contributed by atoms with Crippen molar-refractivity contribution in [1.29, 1.82) is 0 Å². The Balaban J connectivity index is 1.89. The highest BCUT2D eigenvalue weighted by Gasteiger charge is 2.30. The van der Waals surface area contributed by atoms with Gasteiger partial charge >= 0.3 is 0 Å². The number of hydrogen-bond acceptors (Lipinski definition) is 3. The first-order chi connectivity index (χ1) is 8.50. The summed E-state index contributed by atoms with van der Waals surface area (Å²) in [6.45, 7) is 5.66. The summed E-state index contributed by atoms with van der Waals surface area (Å²) in [6.07, 6.45) is 5.58. The van der Waals surface area contributed by atoms with Crippen molar-refractivity contribution in [3.05, 3.63) is 18.5 Å². The van der Waals surface area contributed by atoms with Crippen LogP contribution in [0.15, 0.2) is 18.5 Å². The predicted molar refractivity (Wildman–Crippen MR) is 70.6 cm³/mol. The average Bonchev–Trinajstić information content (AvgIpc) is 2.82. The molecule has 2 rings (SSSR count). The number of hydrogen-bond donors (Lipinski definition) is 0. The van der Waals surface area contributed by atoms with Gasteiger partial charge in [0.2, 0.25) is 10.0 Å². The predicted octanol–water partition coefficient (Wildman–Crippen LogP) is 1.33. The SMILES string of the molecule is CC(C)S(=O)(=O)N1CCC(Cn2cccn2)CC1. The average molecular weight is 271 g/mol. The molecule has 1 aliphatic rings. The van der Waals surface area contributed by atoms with Crippen molar-refractivity contribution in [1.82, 2.24) is 14.1 Å². The fraction of sp³-hybridized carbons (Fsp3) is 0.750. The monoisotopic (exact) mass is 271 g/mol. The van der Waals surface area contributed by atoms with Gasteiger partial charge in [0.15, 0.2) is 0 Å². The highest BCUT2D eigenvalue weighted by Crippen LogP contribution is 2.22. The van der Waals surface area contributed by atoms with E-state index in [2.05, 4.69) is 5.10 Å². The summed E-state index contributed by atoms with van der Waals surface area (Å²) < 4.78 is 27.6. The summed E-state index contributed by atoms with van der Waals surface area (Å²) in [6, 6.07) is 1.92. The van der Waals surface area contributed by atoms with Crippen molar-refractivity contribution >= 4 is 10.0 Å². The third-order valence-corrected chi connectivity index (χ3v) is 5.81. The summed E-state index contributed by atoms with van der Waals surface area (Å²) >= 11 is 0. The molecule has 102 valence electrons. The van der Waals surface area contributed by atoms with E-state index >= 15 is 0 Å². The lowest BCUT2D eigenvalue weighted by Crippen LogP contribution is -2.42. The van der Waals surface area contributed by atoms with Crippen LogP contribution in [0.3, 0.4) is 0 Å². The molecule has 0 atom stereocenters. The van der Waals surface area contributed by atoms with E-state index in [1.807, 2.05) is 16.9 Å². The minimum atomic E-state index is -3.07. The van der Waals surface area contributed by atoms with E-state index in [1.165, 1.54) is 0 Å². The third kappa shape index (κ3) is 2.92. The van der Waals surface area contributed by atoms with E-state index in [-0.39, 0.29) is 5.25 Å². The van der Waals surface area contributed by atoms with Crippen LogP contribution in [0, 0.1) is 5.92 Å². The summed E-state index contributed by atoms with van der Waals surface area (Å²) in [7, 11) is -3.07. The smallest absolute Gasteiger partial charge is 0.216 e. The van der Waals surface area contributed by atoms with Gasteiger partial charge in [-0.3, -0.25) is 4.68 Å². The Kier molecular flexibility index (Phi) is 4.07. The normalized spacial score (nSPS) is 19.5. The number of sulfonamides is 1. The van der Waals surface area contributed by atoms with Crippen molar-refractivity contribution < 1.29 is 8.42 Å². The minimum absolute atomic E-state index is 0.319. The lowest BCUT2D eigenvalue weighted by Gasteiger charge is -2.32. The second kappa shape index (κ2) is 5.40. The van der Waals surface area contributed by atoms with Crippen LogP contribution in [-0.4, -0.2) is 40.8 Å². The molecule has 0 saturated carbocycles. The van der Waals surface area contributed by atoms with Crippen LogP contribution in [0.2, 0.25) is 0 Å². The number of aromatic nitrogens is 2. The first-order valence-electron chi connectivity index (χ1n) is 6.46. The summed E-state index contributed by atoms with van der Waals surface area (Å²) in [4.78, 5) is 0. The first-order valence-corrected chi connectivity index (χ1v) is 7.97. The molecule has 0 spiro atoms. The Morgan fingerprint density at radius 1 is 1.33 bits per heavy atom. The van der Waals surface area contributed by atoms with Gasteiger partial charge in [0.05, 0.1) is 5.25 Å². The van der Waals surface area contributed by atoms with Crippen molar-refractivity contribution in [3.63, 3.8) is 0 Å². The Bertz CT molecular complexity index is 460. The molecule has 0 unspecified atom stereocenters. The van der Waals surface area contributed by atoms with Gasteiger partial charge in [-0.25, -0.2) is 12.7 Å². The quantitative estimate of drug-likeness (QED) is 0.830. The molecule has 1 fully saturated rings. The Hall–Kier alpha value is -0.880. The van der Waals surface area contributed by atoms with Crippen molar-refractivity contribution in [3.8, 4) is 0 Å². The van der Waals surface area contributed by atoms with Crippen LogP contribution < -0.4 is 0 Å². The molecule has 0 aliphatic carbocycles. The van der Waals surface area contributed by atoms with Gasteiger partial charge in [-0.2, -0.15) is 5.10 Å². The Labute approximate surface area is 109 Å². The van der Waals surface area contributed by atoms with Crippen LogP contribution in [0.25, 0.3) is 0 Å². The first kappa shape index (κ1) is 13.5. The molecule has 18 heavy (non-hydrogen) atoms. The molecule has 0 amide bonds. The van der Waals surface area contributed by atoms with E-state index in [1.54, 1.807) is 24.3 Å². The molecular formula is C12H21N3O2S. The van der Waals surface area contributed by atoms with E-state index in [0.717, 1.165) is 19.4 Å². The summed E-state index contributed by atoms with van der Waals surface area (Å²) in [5.74, 6) is 0.531. The van der Waals surface area contributed by atoms with Crippen LogP contribution in [0.4, 0.5) is 0 Å². The molecule has 1 aromatic rings. The number of piperidine rings is 1. The number of rotatable bonds is 4. The second-order valence-corrected chi connectivity index (χ2v) is 7.65. The van der Waals surface area contributed by atoms with Gasteiger partial charge in [-0.1, -0.05) is 0 Å². The maximum Gasteiger partial charge on any atom is 0.216 e. The van der Waals surface area contributed by atoms with E-state index in [0.29, 0.717) is 19.0 Å². The third-order valence-electron chi connectivity index (χ3n) is 3.53. The topological polar surface area (TPSA) is 55.2 Å². The molecule has 6 heteroatoms. The number of nitrogens with zero attached hydrogens (tertiary/aromatic N) is 3. The lowest BCUT2D eigenvalue weighted by atomic mass is 9.98. The van der Waals surface area contributed by atoms with Crippen LogP contribution >= 0.6 is 0 Å². The van der Waals surface area contributed by atoms with Gasteiger partial charge in [0.1, 0.15) is 0 Å². The summed E-state index contributed by atoms with van der Waals surface area (Å²) in [5.41, 5.74) is 0. The van der Waals surface area contributed by atoms with E-state index < -0.39 is 10.0 Å². The fourth-order valence-electron chi connectivity index (χ4n) is 2.32. The zero-order valence-corrected chi connectivity index (χ0v) is 11.8. The van der Waals surface area contributed by atoms with Crippen LogP contribution in [0.1, 0.15) is 26.7 Å². The molecule has 0 aromatic carbocycles. The molecule has 5 nitrogen and oxygen atoms in total. The molecule has 1 aromatic heterocycles. The fourth-order valence-corrected chi connectivity index (χ4v) is 3.63. The molecular weight excluding hydrogens is 250 g/mol. The zero-order valence-electron chi connectivity index (χ0n) is 11.0. The Morgan fingerprint density at radius 3 is 2.50 bits per heavy atom. The standard InChI is InChI=1S/C12H21N3O2S/c1-11(2)18(16,17)15-8-4-12(5-9-15)10-14-7-3-6-13-14/h3,6-7,11-12H,4-5,8-10H2,1-2H3. The van der Waals surface area contributed by atoms with Crippen molar-refractivity contribution in [2.24, 2.45) is 5.92 Å². The largest absolute Gasteiger partial charge is 0.272 e. The maximum absolute atomic E-state index is 12.0. The van der Waals surface area contributed by atoms with Gasteiger partial charge in [-0.05, 0) is 38.7 Å². The van der Waals surface area contributed by atoms with Gasteiger partial charge in [0, 0.05) is 32.0 Å². The highest BCUT2D eigenvalue weighted by atomic mass is 32.2. The van der Waals surface area contributed by atoms with E-state index in [9.17, 15) is 8.42 Å². The molecule has 0 radical (unpaired) electrons. The molecule has 2 heterocycles. The van der Waals surface area contributed by atoms with Gasteiger partial charge in [0.25, 0.3) is 0 Å². The van der Waals surface area contributed by atoms with Crippen LogP contribution in [-0.2, 0) is 16.6 Å². The van der Waals surface area contributed by atoms with Crippen molar-refractivity contribution in [2.75, 3.05) is 13.1 Å². The van der Waals surface area contributed by atoms with Crippen LogP contribution in [0.5, 0.6) is 0 Å². The summed E-state index contributed by atoms with van der Waals surface area (Å²) in [5, 5.41) is 3.87. The van der Waals surface area contributed by atoms with Crippen molar-refractivity contribution in [2.45, 2.75) is 38.5 Å². The highest BCUT2D eigenvalue weighted by molar-refractivity contribution is 7.89. The van der Waals surface area contributed by atoms with Gasteiger partial charge < -0.3 is 0 Å². The van der Waals surface area contributed by atoms with Gasteiger partial charge in [-0.15, -0.1) is 0 Å². The maximum atomic E-state index is 12.0. The Morgan fingerprint density at radius 2 is 2.00 bits per heavy atom. The van der Waals surface area contributed by atoms with E-state index in [4.69, 9.17) is 0 Å². The molecule has 1 saturated heterocycles.